The molecule has 0 aromatic heterocycles. The predicted octanol–water partition coefficient (Wildman–Crippen LogP) is 2.51. The van der Waals surface area contributed by atoms with Crippen LogP contribution in [-0.2, 0) is 9.59 Å². The Labute approximate surface area is 157 Å². The van der Waals surface area contributed by atoms with Crippen LogP contribution in [-0.4, -0.2) is 49.5 Å². The third kappa shape index (κ3) is 4.97. The number of hydrogen-bond acceptors (Lipinski definition) is 4. The molecule has 1 aliphatic rings. The fourth-order valence-corrected chi connectivity index (χ4v) is 2.98. The molecule has 0 aliphatic carbocycles. The third-order valence-electron chi connectivity index (χ3n) is 4.36. The van der Waals surface area contributed by atoms with Crippen LogP contribution in [0.25, 0.3) is 0 Å². The smallest absolute Gasteiger partial charge is 0.260 e. The Kier molecular flexibility index (Phi) is 5.90. The summed E-state index contributed by atoms with van der Waals surface area (Å²) in [6, 6.07) is 13.5. The minimum atomic E-state index is -0.247. The molecule has 0 saturated carbocycles. The molecule has 1 heterocycles. The molecule has 142 valence electrons. The van der Waals surface area contributed by atoms with E-state index < -0.39 is 0 Å². The number of amides is 2. The van der Waals surface area contributed by atoms with E-state index in [1.54, 1.807) is 47.4 Å². The average Bonchev–Trinajstić information content (AvgIpc) is 2.67. The number of para-hydroxylation sites is 1. The number of anilines is 2. The fraction of sp³-hybridized carbons (Fsp3) is 0.300. The minimum absolute atomic E-state index is 0.0564. The second-order valence-electron chi connectivity index (χ2n) is 6.31. The Bertz CT molecular complexity index is 802. The van der Waals surface area contributed by atoms with Gasteiger partial charge < -0.3 is 19.9 Å². The molecule has 0 radical (unpaired) electrons. The van der Waals surface area contributed by atoms with Gasteiger partial charge in [-0.15, -0.1) is 0 Å². The standard InChI is InChI=1S/C20H22FN3O3/c1-15(25)22-16-6-8-17(9-7-16)27-14-20(26)24-12-10-23(11-13-24)19-5-3-2-4-18(19)21/h2-9H,10-14H2,1H3,(H,22,25). The first-order valence-corrected chi connectivity index (χ1v) is 8.80. The van der Waals surface area contributed by atoms with Crippen molar-refractivity contribution in [1.82, 2.24) is 4.90 Å². The van der Waals surface area contributed by atoms with E-state index in [-0.39, 0.29) is 24.2 Å². The Morgan fingerprint density at radius 3 is 2.33 bits per heavy atom. The summed E-state index contributed by atoms with van der Waals surface area (Å²) in [7, 11) is 0. The Morgan fingerprint density at radius 2 is 1.70 bits per heavy atom. The average molecular weight is 371 g/mol. The number of carbonyl (C=O) groups is 2. The van der Waals surface area contributed by atoms with E-state index in [0.717, 1.165) is 0 Å². The maximum Gasteiger partial charge on any atom is 0.260 e. The minimum Gasteiger partial charge on any atom is -0.484 e. The van der Waals surface area contributed by atoms with E-state index in [1.165, 1.54) is 13.0 Å². The Balaban J connectivity index is 1.47. The SMILES string of the molecule is CC(=O)Nc1ccc(OCC(=O)N2CCN(c3ccccc3F)CC2)cc1. The van der Waals surface area contributed by atoms with Crippen LogP contribution in [0, 0.1) is 5.82 Å². The van der Waals surface area contributed by atoms with Crippen LogP contribution in [0.1, 0.15) is 6.92 Å². The molecule has 0 bridgehead atoms. The van der Waals surface area contributed by atoms with Gasteiger partial charge in [-0.1, -0.05) is 12.1 Å². The van der Waals surface area contributed by atoms with Gasteiger partial charge in [0.15, 0.2) is 6.61 Å². The molecule has 1 saturated heterocycles. The quantitative estimate of drug-likeness (QED) is 0.877. The van der Waals surface area contributed by atoms with Crippen LogP contribution in [0.2, 0.25) is 0 Å². The van der Waals surface area contributed by atoms with Gasteiger partial charge in [0, 0.05) is 38.8 Å². The number of hydrogen-bond donors (Lipinski definition) is 1. The molecule has 7 heteroatoms. The number of rotatable bonds is 5. The monoisotopic (exact) mass is 371 g/mol. The normalized spacial score (nSPS) is 14.0. The van der Waals surface area contributed by atoms with Gasteiger partial charge >= 0.3 is 0 Å². The van der Waals surface area contributed by atoms with Crippen molar-refractivity contribution < 1.29 is 18.7 Å². The van der Waals surface area contributed by atoms with Crippen LogP contribution in [0.5, 0.6) is 5.75 Å². The molecule has 0 atom stereocenters. The zero-order valence-electron chi connectivity index (χ0n) is 15.2. The first-order chi connectivity index (χ1) is 13.0. The van der Waals surface area contributed by atoms with Gasteiger partial charge in [-0.3, -0.25) is 9.59 Å². The van der Waals surface area contributed by atoms with Crippen LogP contribution in [0.15, 0.2) is 48.5 Å². The van der Waals surface area contributed by atoms with Gasteiger partial charge in [0.2, 0.25) is 5.91 Å². The highest BCUT2D eigenvalue weighted by Crippen LogP contribution is 2.20. The summed E-state index contributed by atoms with van der Waals surface area (Å²) in [5.41, 5.74) is 1.24. The second kappa shape index (κ2) is 8.53. The molecule has 2 aromatic rings. The van der Waals surface area contributed by atoms with Crippen molar-refractivity contribution in [3.8, 4) is 5.75 Å². The topological polar surface area (TPSA) is 61.9 Å². The van der Waals surface area contributed by atoms with E-state index in [1.807, 2.05) is 4.90 Å². The van der Waals surface area contributed by atoms with Crippen molar-refractivity contribution in [3.63, 3.8) is 0 Å². The Hall–Kier alpha value is -3.09. The molecule has 27 heavy (non-hydrogen) atoms. The molecule has 2 amide bonds. The van der Waals surface area contributed by atoms with E-state index in [2.05, 4.69) is 5.32 Å². The van der Waals surface area contributed by atoms with Crippen molar-refractivity contribution in [3.05, 3.63) is 54.3 Å². The zero-order chi connectivity index (χ0) is 19.2. The van der Waals surface area contributed by atoms with Gasteiger partial charge in [-0.2, -0.15) is 0 Å². The first-order valence-electron chi connectivity index (χ1n) is 8.80. The van der Waals surface area contributed by atoms with Gasteiger partial charge in [0.05, 0.1) is 5.69 Å². The molecule has 3 rings (SSSR count). The van der Waals surface area contributed by atoms with Crippen molar-refractivity contribution >= 4 is 23.2 Å². The lowest BCUT2D eigenvalue weighted by Gasteiger charge is -2.36. The summed E-state index contributed by atoms with van der Waals surface area (Å²) in [4.78, 5) is 27.0. The molecule has 1 fully saturated rings. The fourth-order valence-electron chi connectivity index (χ4n) is 2.98. The molecule has 0 spiro atoms. The summed E-state index contributed by atoms with van der Waals surface area (Å²) in [5, 5.41) is 2.67. The lowest BCUT2D eigenvalue weighted by Crippen LogP contribution is -2.50. The molecular formula is C20H22FN3O3. The molecule has 0 unspecified atom stereocenters. The number of nitrogens with zero attached hydrogens (tertiary/aromatic N) is 2. The van der Waals surface area contributed by atoms with Crippen molar-refractivity contribution in [1.29, 1.82) is 0 Å². The van der Waals surface area contributed by atoms with E-state index in [4.69, 9.17) is 4.74 Å². The maximum atomic E-state index is 13.9. The predicted molar refractivity (Wildman–Crippen MR) is 101 cm³/mol. The van der Waals surface area contributed by atoms with Crippen LogP contribution >= 0.6 is 0 Å². The highest BCUT2D eigenvalue weighted by Gasteiger charge is 2.22. The van der Waals surface area contributed by atoms with Gasteiger partial charge in [-0.05, 0) is 36.4 Å². The number of ether oxygens (including phenoxy) is 1. The van der Waals surface area contributed by atoms with Gasteiger partial charge in [0.1, 0.15) is 11.6 Å². The second-order valence-corrected chi connectivity index (χ2v) is 6.31. The van der Waals surface area contributed by atoms with Gasteiger partial charge in [0.25, 0.3) is 5.91 Å². The van der Waals surface area contributed by atoms with Crippen LogP contribution < -0.4 is 15.0 Å². The number of halogens is 1. The summed E-state index contributed by atoms with van der Waals surface area (Å²) < 4.78 is 19.4. The number of benzene rings is 2. The highest BCUT2D eigenvalue weighted by molar-refractivity contribution is 5.88. The molecule has 1 N–H and O–H groups in total. The van der Waals surface area contributed by atoms with E-state index in [9.17, 15) is 14.0 Å². The van der Waals surface area contributed by atoms with Crippen molar-refractivity contribution in [2.75, 3.05) is 43.0 Å². The number of piperazine rings is 1. The molecule has 6 nitrogen and oxygen atoms in total. The molecule has 2 aromatic carbocycles. The lowest BCUT2D eigenvalue weighted by molar-refractivity contribution is -0.133. The number of nitrogens with one attached hydrogen (secondary N) is 1. The third-order valence-corrected chi connectivity index (χ3v) is 4.36. The Morgan fingerprint density at radius 1 is 1.04 bits per heavy atom. The highest BCUT2D eigenvalue weighted by atomic mass is 19.1. The lowest BCUT2D eigenvalue weighted by atomic mass is 10.2. The van der Waals surface area contributed by atoms with Gasteiger partial charge in [-0.25, -0.2) is 4.39 Å². The van der Waals surface area contributed by atoms with Crippen molar-refractivity contribution in [2.45, 2.75) is 6.92 Å². The van der Waals surface area contributed by atoms with Crippen LogP contribution in [0.4, 0.5) is 15.8 Å². The maximum absolute atomic E-state index is 13.9. The molecular weight excluding hydrogens is 349 g/mol. The molecule has 1 aliphatic heterocycles. The zero-order valence-corrected chi connectivity index (χ0v) is 15.2. The summed E-state index contributed by atoms with van der Waals surface area (Å²) in [5.74, 6) is 0.0632. The van der Waals surface area contributed by atoms with Crippen molar-refractivity contribution in [2.24, 2.45) is 0 Å². The summed E-state index contributed by atoms with van der Waals surface area (Å²) >= 11 is 0. The number of carbonyl (C=O) groups excluding carboxylic acids is 2. The van der Waals surface area contributed by atoms with E-state index >= 15 is 0 Å². The largest absolute Gasteiger partial charge is 0.484 e. The first kappa shape index (κ1) is 18.7. The summed E-state index contributed by atoms with van der Waals surface area (Å²) in [6.07, 6.45) is 0. The van der Waals surface area contributed by atoms with E-state index in [0.29, 0.717) is 43.3 Å². The van der Waals surface area contributed by atoms with Crippen LogP contribution in [0.3, 0.4) is 0 Å². The summed E-state index contributed by atoms with van der Waals surface area (Å²) in [6.45, 7) is 3.60.